The molecular weight excluding hydrogens is 423 g/mol. The summed E-state index contributed by atoms with van der Waals surface area (Å²) in [6.07, 6.45) is 2.63. The first-order chi connectivity index (χ1) is 10.7. The average molecular weight is 452 g/mol. The van der Waals surface area contributed by atoms with Crippen LogP contribution in [-0.2, 0) is 4.74 Å². The van der Waals surface area contributed by atoms with Gasteiger partial charge in [-0.25, -0.2) is 0 Å². The first kappa shape index (κ1) is 20.7. The largest absolute Gasteiger partial charge is 0.376 e. The van der Waals surface area contributed by atoms with Gasteiger partial charge in [0.1, 0.15) is 0 Å². The number of aliphatic imine (C=N–C) groups is 1. The van der Waals surface area contributed by atoms with Crippen LogP contribution in [0.4, 0.5) is 0 Å². The lowest BCUT2D eigenvalue weighted by atomic mass is 10.2. The molecule has 1 aromatic rings. The van der Waals surface area contributed by atoms with Gasteiger partial charge in [0.25, 0.3) is 0 Å². The number of nitrogens with zero attached hydrogens (tertiary/aromatic N) is 2. The van der Waals surface area contributed by atoms with Crippen LogP contribution in [0.5, 0.6) is 0 Å². The Bertz CT molecular complexity index is 447. The normalized spacial score (nSPS) is 19.5. The Morgan fingerprint density at radius 1 is 1.48 bits per heavy atom. The van der Waals surface area contributed by atoms with E-state index in [1.807, 2.05) is 0 Å². The minimum atomic E-state index is 0. The van der Waals surface area contributed by atoms with Gasteiger partial charge >= 0.3 is 0 Å². The second-order valence-corrected chi connectivity index (χ2v) is 6.71. The molecule has 0 aliphatic carbocycles. The first-order valence-electron chi connectivity index (χ1n) is 8.04. The maximum atomic E-state index is 5.65. The lowest BCUT2D eigenvalue weighted by Gasteiger charge is -2.22. The molecule has 2 N–H and O–H groups in total. The summed E-state index contributed by atoms with van der Waals surface area (Å²) in [6, 6.07) is 4.59. The van der Waals surface area contributed by atoms with Gasteiger partial charge in [0.05, 0.1) is 18.7 Å². The molecule has 0 amide bonds. The van der Waals surface area contributed by atoms with Gasteiger partial charge in [-0.3, -0.25) is 4.99 Å². The fourth-order valence-corrected chi connectivity index (χ4v) is 3.44. The van der Waals surface area contributed by atoms with Gasteiger partial charge in [0.2, 0.25) is 0 Å². The lowest BCUT2D eigenvalue weighted by molar-refractivity contribution is 0.114. The maximum Gasteiger partial charge on any atom is 0.191 e. The van der Waals surface area contributed by atoms with Crippen LogP contribution >= 0.6 is 35.3 Å². The molecule has 1 saturated heterocycles. The third-order valence-electron chi connectivity index (χ3n) is 3.78. The minimum absolute atomic E-state index is 0. The van der Waals surface area contributed by atoms with Crippen LogP contribution in [0.25, 0.3) is 0 Å². The summed E-state index contributed by atoms with van der Waals surface area (Å²) in [5.74, 6) is 0.876. The van der Waals surface area contributed by atoms with E-state index < -0.39 is 0 Å². The molecule has 0 bridgehead atoms. The van der Waals surface area contributed by atoms with Crippen LogP contribution in [0.15, 0.2) is 22.5 Å². The number of ether oxygens (including phenoxy) is 1. The fraction of sp³-hybridized carbons (Fsp3) is 0.688. The molecule has 2 rings (SSSR count). The van der Waals surface area contributed by atoms with Gasteiger partial charge < -0.3 is 20.3 Å². The lowest BCUT2D eigenvalue weighted by Crippen LogP contribution is -2.41. The quantitative estimate of drug-likeness (QED) is 0.380. The summed E-state index contributed by atoms with van der Waals surface area (Å²) in [5.41, 5.74) is 0. The van der Waals surface area contributed by atoms with E-state index in [0.717, 1.165) is 38.6 Å². The third kappa shape index (κ3) is 6.94. The molecule has 1 aliphatic heterocycles. The smallest absolute Gasteiger partial charge is 0.191 e. The Morgan fingerprint density at radius 2 is 2.30 bits per heavy atom. The monoisotopic (exact) mass is 452 g/mol. The van der Waals surface area contributed by atoms with Gasteiger partial charge in [-0.05, 0) is 45.3 Å². The van der Waals surface area contributed by atoms with Crippen molar-refractivity contribution in [3.05, 3.63) is 22.4 Å². The number of thiophene rings is 1. The first-order valence-corrected chi connectivity index (χ1v) is 8.92. The van der Waals surface area contributed by atoms with E-state index >= 15 is 0 Å². The predicted molar refractivity (Wildman–Crippen MR) is 109 cm³/mol. The number of nitrogens with one attached hydrogen (secondary N) is 2. The molecule has 2 atom stereocenters. The highest BCUT2D eigenvalue weighted by molar-refractivity contribution is 14.0. The van der Waals surface area contributed by atoms with Crippen molar-refractivity contribution in [3.8, 4) is 0 Å². The number of halogens is 1. The molecule has 1 aromatic heterocycles. The van der Waals surface area contributed by atoms with E-state index in [9.17, 15) is 0 Å². The zero-order valence-corrected chi connectivity index (χ0v) is 17.4. The fourth-order valence-electron chi connectivity index (χ4n) is 2.52. The van der Waals surface area contributed by atoms with Crippen LogP contribution in [0.1, 0.15) is 30.7 Å². The van der Waals surface area contributed by atoms with Crippen LogP contribution in [0.3, 0.4) is 0 Å². The van der Waals surface area contributed by atoms with Crippen molar-refractivity contribution in [2.75, 3.05) is 40.3 Å². The third-order valence-corrected chi connectivity index (χ3v) is 4.76. The molecule has 132 valence electrons. The number of hydrogen-bond donors (Lipinski definition) is 2. The molecule has 1 aliphatic rings. The van der Waals surface area contributed by atoms with E-state index in [-0.39, 0.29) is 24.0 Å². The van der Waals surface area contributed by atoms with E-state index in [1.165, 1.54) is 11.3 Å². The van der Waals surface area contributed by atoms with Gasteiger partial charge in [-0.2, -0.15) is 0 Å². The summed E-state index contributed by atoms with van der Waals surface area (Å²) in [7, 11) is 4.21. The summed E-state index contributed by atoms with van der Waals surface area (Å²) >= 11 is 1.79. The Hall–Kier alpha value is -0.380. The predicted octanol–water partition coefficient (Wildman–Crippen LogP) is 2.70. The van der Waals surface area contributed by atoms with Gasteiger partial charge in [0, 0.05) is 24.6 Å². The summed E-state index contributed by atoms with van der Waals surface area (Å²) in [4.78, 5) is 8.33. The van der Waals surface area contributed by atoms with Crippen molar-refractivity contribution < 1.29 is 4.74 Å². The average Bonchev–Trinajstić information content (AvgIpc) is 3.18. The summed E-state index contributed by atoms with van der Waals surface area (Å²) in [5, 5.41) is 8.84. The number of hydrogen-bond acceptors (Lipinski definition) is 4. The summed E-state index contributed by atoms with van der Waals surface area (Å²) in [6.45, 7) is 5.42. The minimum Gasteiger partial charge on any atom is -0.376 e. The second-order valence-electron chi connectivity index (χ2n) is 5.73. The van der Waals surface area contributed by atoms with Crippen molar-refractivity contribution in [1.82, 2.24) is 15.5 Å². The Labute approximate surface area is 160 Å². The van der Waals surface area contributed by atoms with Crippen molar-refractivity contribution >= 4 is 41.3 Å². The Kier molecular flexibility index (Phi) is 10.1. The van der Waals surface area contributed by atoms with Crippen molar-refractivity contribution in [3.63, 3.8) is 0 Å². The van der Waals surface area contributed by atoms with E-state index in [4.69, 9.17) is 9.73 Å². The Balaban J connectivity index is 0.00000264. The molecule has 2 unspecified atom stereocenters. The van der Waals surface area contributed by atoms with Crippen molar-refractivity contribution in [1.29, 1.82) is 0 Å². The number of guanidine groups is 1. The van der Waals surface area contributed by atoms with Gasteiger partial charge in [0.15, 0.2) is 5.96 Å². The zero-order chi connectivity index (χ0) is 15.8. The zero-order valence-electron chi connectivity index (χ0n) is 14.2. The molecule has 0 spiro atoms. The molecule has 23 heavy (non-hydrogen) atoms. The summed E-state index contributed by atoms with van der Waals surface area (Å²) < 4.78 is 5.65. The molecule has 2 heterocycles. The SMILES string of the molecule is CCNC(=NCC(c1cccs1)N(C)C)NCC1CCCO1.I. The topological polar surface area (TPSA) is 48.9 Å². The molecule has 0 radical (unpaired) electrons. The van der Waals surface area contributed by atoms with E-state index in [2.05, 4.69) is 54.1 Å². The van der Waals surface area contributed by atoms with Crippen LogP contribution in [0, 0.1) is 0 Å². The maximum absolute atomic E-state index is 5.65. The van der Waals surface area contributed by atoms with Gasteiger partial charge in [-0.15, -0.1) is 35.3 Å². The van der Waals surface area contributed by atoms with Crippen LogP contribution in [0.2, 0.25) is 0 Å². The molecule has 0 saturated carbocycles. The highest BCUT2D eigenvalue weighted by Gasteiger charge is 2.17. The highest BCUT2D eigenvalue weighted by atomic mass is 127. The van der Waals surface area contributed by atoms with Gasteiger partial charge in [-0.1, -0.05) is 6.07 Å². The van der Waals surface area contributed by atoms with E-state index in [0.29, 0.717) is 12.1 Å². The molecule has 5 nitrogen and oxygen atoms in total. The number of rotatable bonds is 7. The highest BCUT2D eigenvalue weighted by Crippen LogP contribution is 2.23. The van der Waals surface area contributed by atoms with Crippen LogP contribution < -0.4 is 10.6 Å². The molecule has 1 fully saturated rings. The van der Waals surface area contributed by atoms with E-state index in [1.54, 1.807) is 11.3 Å². The van der Waals surface area contributed by atoms with Crippen molar-refractivity contribution in [2.24, 2.45) is 4.99 Å². The molecule has 0 aromatic carbocycles. The second kappa shape index (κ2) is 11.2. The molecule has 7 heteroatoms. The Morgan fingerprint density at radius 3 is 2.87 bits per heavy atom. The van der Waals surface area contributed by atoms with Crippen LogP contribution in [-0.4, -0.2) is 57.3 Å². The van der Waals surface area contributed by atoms with Crippen molar-refractivity contribution in [2.45, 2.75) is 31.9 Å². The number of likely N-dealkylation sites (N-methyl/N-ethyl adjacent to an activating group) is 1. The molecular formula is C16H29IN4OS. The standard InChI is InChI=1S/C16H28N4OS.HI/c1-4-17-16(18-11-13-7-5-9-21-13)19-12-14(20(2)3)15-8-6-10-22-15;/h6,8,10,13-14H,4-5,7,9,11-12H2,1-3H3,(H2,17,18,19);1H.